The standard InChI is InChI=1S/C15H21N3O2/c1-4-13(5-2)18(8-9-19)15(20)14-7-6-12(10-16)11(3)17-14/h6-7,13,19H,4-5,8-9H2,1-3H3. The topological polar surface area (TPSA) is 77.2 Å². The van der Waals surface area contributed by atoms with Gasteiger partial charge in [-0.25, -0.2) is 4.98 Å². The fourth-order valence-corrected chi connectivity index (χ4v) is 2.23. The summed E-state index contributed by atoms with van der Waals surface area (Å²) in [5, 5.41) is 18.0. The van der Waals surface area contributed by atoms with E-state index in [1.54, 1.807) is 24.0 Å². The van der Waals surface area contributed by atoms with E-state index >= 15 is 0 Å². The van der Waals surface area contributed by atoms with Crippen molar-refractivity contribution in [3.8, 4) is 6.07 Å². The number of hydrogen-bond donors (Lipinski definition) is 1. The molecule has 0 spiro atoms. The van der Waals surface area contributed by atoms with Gasteiger partial charge in [-0.2, -0.15) is 5.26 Å². The SMILES string of the molecule is CCC(CC)N(CCO)C(=O)c1ccc(C#N)c(C)n1. The van der Waals surface area contributed by atoms with Gasteiger partial charge in [0.15, 0.2) is 0 Å². The van der Waals surface area contributed by atoms with Gasteiger partial charge in [0.25, 0.3) is 5.91 Å². The van der Waals surface area contributed by atoms with Crippen LogP contribution >= 0.6 is 0 Å². The quantitative estimate of drug-likeness (QED) is 0.860. The minimum atomic E-state index is -0.194. The Bertz CT molecular complexity index is 504. The van der Waals surface area contributed by atoms with Crippen molar-refractivity contribution in [2.45, 2.75) is 39.7 Å². The Kier molecular flexibility index (Phi) is 6.13. The van der Waals surface area contributed by atoms with Crippen molar-refractivity contribution >= 4 is 5.91 Å². The first kappa shape index (κ1) is 16.1. The van der Waals surface area contributed by atoms with Gasteiger partial charge in [-0.05, 0) is 31.9 Å². The smallest absolute Gasteiger partial charge is 0.272 e. The normalized spacial score (nSPS) is 10.4. The first-order valence-electron chi connectivity index (χ1n) is 6.88. The van der Waals surface area contributed by atoms with Crippen LogP contribution < -0.4 is 0 Å². The van der Waals surface area contributed by atoms with Crippen molar-refractivity contribution in [1.82, 2.24) is 9.88 Å². The molecule has 1 heterocycles. The van der Waals surface area contributed by atoms with Crippen LogP contribution in [-0.4, -0.2) is 40.1 Å². The van der Waals surface area contributed by atoms with Gasteiger partial charge in [-0.1, -0.05) is 13.8 Å². The molecule has 0 radical (unpaired) electrons. The second-order valence-electron chi connectivity index (χ2n) is 4.63. The van der Waals surface area contributed by atoms with E-state index in [0.29, 0.717) is 23.5 Å². The number of hydrogen-bond acceptors (Lipinski definition) is 4. The second kappa shape index (κ2) is 7.61. The van der Waals surface area contributed by atoms with Crippen molar-refractivity contribution < 1.29 is 9.90 Å². The van der Waals surface area contributed by atoms with E-state index in [2.05, 4.69) is 4.98 Å². The van der Waals surface area contributed by atoms with Gasteiger partial charge in [0.05, 0.1) is 17.9 Å². The van der Waals surface area contributed by atoms with Crippen LogP contribution in [0.5, 0.6) is 0 Å². The summed E-state index contributed by atoms with van der Waals surface area (Å²) in [6.07, 6.45) is 1.66. The Labute approximate surface area is 119 Å². The van der Waals surface area contributed by atoms with Crippen molar-refractivity contribution in [2.24, 2.45) is 0 Å². The van der Waals surface area contributed by atoms with Gasteiger partial charge in [0.2, 0.25) is 0 Å². The van der Waals surface area contributed by atoms with Gasteiger partial charge in [0, 0.05) is 12.6 Å². The number of pyridine rings is 1. The van der Waals surface area contributed by atoms with E-state index in [4.69, 9.17) is 10.4 Å². The highest BCUT2D eigenvalue weighted by Gasteiger charge is 2.23. The summed E-state index contributed by atoms with van der Waals surface area (Å²) in [6, 6.07) is 5.30. The van der Waals surface area contributed by atoms with Gasteiger partial charge in [-0.3, -0.25) is 4.79 Å². The summed E-state index contributed by atoms with van der Waals surface area (Å²) in [4.78, 5) is 18.4. The maximum atomic E-state index is 12.5. The molecule has 108 valence electrons. The summed E-state index contributed by atoms with van der Waals surface area (Å²) in [5.41, 5.74) is 1.34. The van der Waals surface area contributed by atoms with Gasteiger partial charge < -0.3 is 10.0 Å². The van der Waals surface area contributed by atoms with Crippen LogP contribution in [0.25, 0.3) is 0 Å². The number of amides is 1. The fraction of sp³-hybridized carbons (Fsp3) is 0.533. The molecular formula is C15H21N3O2. The molecule has 0 aliphatic rings. The molecule has 1 rings (SSSR count). The lowest BCUT2D eigenvalue weighted by atomic mass is 10.1. The van der Waals surface area contributed by atoms with Crippen molar-refractivity contribution in [3.05, 3.63) is 29.1 Å². The van der Waals surface area contributed by atoms with Crippen LogP contribution in [0.4, 0.5) is 0 Å². The zero-order valence-corrected chi connectivity index (χ0v) is 12.3. The molecule has 0 bridgehead atoms. The number of carbonyl (C=O) groups excluding carboxylic acids is 1. The molecule has 0 aliphatic carbocycles. The van der Waals surface area contributed by atoms with E-state index in [-0.39, 0.29) is 18.6 Å². The summed E-state index contributed by atoms with van der Waals surface area (Å²) in [6.45, 7) is 5.97. The van der Waals surface area contributed by atoms with Crippen LogP contribution in [0, 0.1) is 18.3 Å². The van der Waals surface area contributed by atoms with Crippen molar-refractivity contribution in [1.29, 1.82) is 5.26 Å². The number of nitriles is 1. The molecule has 0 aliphatic heterocycles. The number of aromatic nitrogens is 1. The van der Waals surface area contributed by atoms with E-state index < -0.39 is 0 Å². The number of rotatable bonds is 6. The van der Waals surface area contributed by atoms with Crippen LogP contribution in [0.1, 0.15) is 48.4 Å². The molecule has 1 N–H and O–H groups in total. The summed E-state index contributed by atoms with van der Waals surface area (Å²) < 4.78 is 0. The molecule has 0 atom stereocenters. The Morgan fingerprint density at radius 3 is 2.55 bits per heavy atom. The molecule has 1 aromatic heterocycles. The predicted octanol–water partition coefficient (Wildman–Crippen LogP) is 1.88. The highest BCUT2D eigenvalue weighted by atomic mass is 16.3. The Morgan fingerprint density at radius 2 is 2.10 bits per heavy atom. The highest BCUT2D eigenvalue weighted by molar-refractivity contribution is 5.92. The number of aliphatic hydroxyl groups excluding tert-OH is 1. The Morgan fingerprint density at radius 1 is 1.45 bits per heavy atom. The Hall–Kier alpha value is -1.93. The molecule has 20 heavy (non-hydrogen) atoms. The minimum absolute atomic E-state index is 0.0719. The Balaban J connectivity index is 3.06. The maximum Gasteiger partial charge on any atom is 0.272 e. The first-order chi connectivity index (χ1) is 9.58. The molecule has 5 nitrogen and oxygen atoms in total. The van der Waals surface area contributed by atoms with E-state index in [0.717, 1.165) is 12.8 Å². The largest absolute Gasteiger partial charge is 0.395 e. The molecule has 1 aromatic rings. The minimum Gasteiger partial charge on any atom is -0.395 e. The lowest BCUT2D eigenvalue weighted by molar-refractivity contribution is 0.0616. The van der Waals surface area contributed by atoms with Crippen LogP contribution in [0.2, 0.25) is 0 Å². The van der Waals surface area contributed by atoms with Gasteiger partial charge in [-0.15, -0.1) is 0 Å². The lowest BCUT2D eigenvalue weighted by Crippen LogP contribution is -2.42. The molecule has 0 saturated heterocycles. The fourth-order valence-electron chi connectivity index (χ4n) is 2.23. The molecule has 0 fully saturated rings. The van der Waals surface area contributed by atoms with Crippen LogP contribution in [0.3, 0.4) is 0 Å². The molecule has 1 amide bonds. The zero-order valence-electron chi connectivity index (χ0n) is 12.3. The molecular weight excluding hydrogens is 254 g/mol. The molecule has 0 saturated carbocycles. The number of aryl methyl sites for hydroxylation is 1. The van der Waals surface area contributed by atoms with Gasteiger partial charge >= 0.3 is 0 Å². The third-order valence-corrected chi connectivity index (χ3v) is 3.41. The zero-order chi connectivity index (χ0) is 15.1. The maximum absolute atomic E-state index is 12.5. The summed E-state index contributed by atoms with van der Waals surface area (Å²) in [7, 11) is 0. The number of nitrogens with zero attached hydrogens (tertiary/aromatic N) is 3. The molecule has 0 aromatic carbocycles. The third kappa shape index (κ3) is 3.55. The number of aliphatic hydroxyl groups is 1. The third-order valence-electron chi connectivity index (χ3n) is 3.41. The average Bonchev–Trinajstić information content (AvgIpc) is 2.46. The number of carbonyl (C=O) groups is 1. The van der Waals surface area contributed by atoms with E-state index in [1.807, 2.05) is 19.9 Å². The van der Waals surface area contributed by atoms with E-state index in [1.165, 1.54) is 0 Å². The second-order valence-corrected chi connectivity index (χ2v) is 4.63. The summed E-state index contributed by atoms with van der Waals surface area (Å²) >= 11 is 0. The monoisotopic (exact) mass is 275 g/mol. The van der Waals surface area contributed by atoms with Crippen molar-refractivity contribution in [2.75, 3.05) is 13.2 Å². The van der Waals surface area contributed by atoms with Crippen LogP contribution in [-0.2, 0) is 0 Å². The van der Waals surface area contributed by atoms with E-state index in [9.17, 15) is 4.79 Å². The average molecular weight is 275 g/mol. The molecule has 0 unspecified atom stereocenters. The van der Waals surface area contributed by atoms with Gasteiger partial charge in [0.1, 0.15) is 11.8 Å². The predicted molar refractivity (Wildman–Crippen MR) is 76.2 cm³/mol. The summed E-state index contributed by atoms with van der Waals surface area (Å²) in [5.74, 6) is -0.194. The highest BCUT2D eigenvalue weighted by Crippen LogP contribution is 2.14. The first-order valence-corrected chi connectivity index (χ1v) is 6.88. The van der Waals surface area contributed by atoms with Crippen molar-refractivity contribution in [3.63, 3.8) is 0 Å². The lowest BCUT2D eigenvalue weighted by Gasteiger charge is -2.29. The van der Waals surface area contributed by atoms with Crippen LogP contribution in [0.15, 0.2) is 12.1 Å². The molecule has 5 heteroatoms.